The summed E-state index contributed by atoms with van der Waals surface area (Å²) in [7, 11) is 0. The second-order valence-corrected chi connectivity index (χ2v) is 2.96. The SMILES string of the molecule is CCC/C=N\c1c(C)ccnc1N. The zero-order valence-corrected chi connectivity index (χ0v) is 8.12. The third kappa shape index (κ3) is 2.54. The first-order valence-electron chi connectivity index (χ1n) is 4.49. The van der Waals surface area contributed by atoms with Crippen LogP contribution < -0.4 is 5.73 Å². The number of pyridine rings is 1. The molecule has 2 N–H and O–H groups in total. The highest BCUT2D eigenvalue weighted by Crippen LogP contribution is 2.22. The first-order chi connectivity index (χ1) is 6.25. The van der Waals surface area contributed by atoms with Crippen LogP contribution in [-0.2, 0) is 0 Å². The molecule has 0 saturated heterocycles. The Kier molecular flexibility index (Phi) is 3.43. The zero-order chi connectivity index (χ0) is 9.68. The number of rotatable bonds is 3. The van der Waals surface area contributed by atoms with Gasteiger partial charge >= 0.3 is 0 Å². The minimum atomic E-state index is 0.507. The minimum Gasteiger partial charge on any atom is -0.382 e. The van der Waals surface area contributed by atoms with E-state index < -0.39 is 0 Å². The molecule has 0 amide bonds. The summed E-state index contributed by atoms with van der Waals surface area (Å²) in [6.45, 7) is 4.10. The van der Waals surface area contributed by atoms with E-state index in [9.17, 15) is 0 Å². The van der Waals surface area contributed by atoms with Crippen molar-refractivity contribution in [1.82, 2.24) is 4.98 Å². The van der Waals surface area contributed by atoms with Crippen molar-refractivity contribution < 1.29 is 0 Å². The molecule has 0 fully saturated rings. The lowest BCUT2D eigenvalue weighted by molar-refractivity contribution is 1.01. The molecule has 1 aromatic rings. The van der Waals surface area contributed by atoms with E-state index in [1.165, 1.54) is 0 Å². The molecule has 0 aliphatic carbocycles. The molecule has 70 valence electrons. The predicted octanol–water partition coefficient (Wildman–Crippen LogP) is 2.47. The third-order valence-electron chi connectivity index (χ3n) is 1.79. The van der Waals surface area contributed by atoms with E-state index >= 15 is 0 Å². The topological polar surface area (TPSA) is 51.3 Å². The van der Waals surface area contributed by atoms with Crippen LogP contribution in [0.3, 0.4) is 0 Å². The van der Waals surface area contributed by atoms with Gasteiger partial charge in [-0.15, -0.1) is 0 Å². The molecule has 13 heavy (non-hydrogen) atoms. The van der Waals surface area contributed by atoms with E-state index in [-0.39, 0.29) is 0 Å². The van der Waals surface area contributed by atoms with E-state index in [4.69, 9.17) is 5.73 Å². The van der Waals surface area contributed by atoms with Crippen LogP contribution in [0, 0.1) is 6.92 Å². The van der Waals surface area contributed by atoms with Gasteiger partial charge in [0.15, 0.2) is 0 Å². The van der Waals surface area contributed by atoms with Crippen LogP contribution >= 0.6 is 0 Å². The number of anilines is 1. The molecule has 0 radical (unpaired) electrons. The number of nitrogens with two attached hydrogens (primary N) is 1. The number of hydrogen-bond acceptors (Lipinski definition) is 3. The van der Waals surface area contributed by atoms with E-state index in [1.807, 2.05) is 19.2 Å². The summed E-state index contributed by atoms with van der Waals surface area (Å²) in [5.74, 6) is 0.507. The lowest BCUT2D eigenvalue weighted by Gasteiger charge is -2.01. The Hall–Kier alpha value is -1.38. The Morgan fingerprint density at radius 2 is 2.38 bits per heavy atom. The van der Waals surface area contributed by atoms with Gasteiger partial charge < -0.3 is 5.73 Å². The van der Waals surface area contributed by atoms with Crippen molar-refractivity contribution in [2.45, 2.75) is 26.7 Å². The summed E-state index contributed by atoms with van der Waals surface area (Å²) in [6, 6.07) is 1.91. The minimum absolute atomic E-state index is 0.507. The largest absolute Gasteiger partial charge is 0.382 e. The highest BCUT2D eigenvalue weighted by molar-refractivity contribution is 5.70. The van der Waals surface area contributed by atoms with E-state index in [2.05, 4.69) is 16.9 Å². The number of hydrogen-bond donors (Lipinski definition) is 1. The number of aromatic nitrogens is 1. The van der Waals surface area contributed by atoms with Gasteiger partial charge in [-0.2, -0.15) is 0 Å². The smallest absolute Gasteiger partial charge is 0.149 e. The molecule has 0 aliphatic rings. The lowest BCUT2D eigenvalue weighted by Crippen LogP contribution is -1.91. The second kappa shape index (κ2) is 4.60. The number of nitrogens with zero attached hydrogens (tertiary/aromatic N) is 2. The van der Waals surface area contributed by atoms with Crippen LogP contribution in [0.4, 0.5) is 11.5 Å². The van der Waals surface area contributed by atoms with E-state index in [1.54, 1.807) is 6.20 Å². The van der Waals surface area contributed by atoms with Crippen LogP contribution in [0.1, 0.15) is 25.3 Å². The molecule has 0 atom stereocenters. The van der Waals surface area contributed by atoms with Crippen molar-refractivity contribution in [2.75, 3.05) is 5.73 Å². The van der Waals surface area contributed by atoms with Gasteiger partial charge in [-0.1, -0.05) is 13.3 Å². The van der Waals surface area contributed by atoms with Crippen molar-refractivity contribution in [3.8, 4) is 0 Å². The molecule has 1 aromatic heterocycles. The fraction of sp³-hybridized carbons (Fsp3) is 0.400. The second-order valence-electron chi connectivity index (χ2n) is 2.96. The van der Waals surface area contributed by atoms with Crippen molar-refractivity contribution in [3.63, 3.8) is 0 Å². The number of unbranched alkanes of at least 4 members (excludes halogenated alkanes) is 1. The zero-order valence-electron chi connectivity index (χ0n) is 8.12. The predicted molar refractivity (Wildman–Crippen MR) is 56.4 cm³/mol. The van der Waals surface area contributed by atoms with Crippen molar-refractivity contribution in [1.29, 1.82) is 0 Å². The van der Waals surface area contributed by atoms with Crippen LogP contribution in [0.2, 0.25) is 0 Å². The molecule has 3 heteroatoms. The summed E-state index contributed by atoms with van der Waals surface area (Å²) < 4.78 is 0. The maximum Gasteiger partial charge on any atom is 0.149 e. The Morgan fingerprint density at radius 1 is 1.62 bits per heavy atom. The molecule has 1 heterocycles. The van der Waals surface area contributed by atoms with Gasteiger partial charge in [0.05, 0.1) is 0 Å². The Morgan fingerprint density at radius 3 is 3.00 bits per heavy atom. The lowest BCUT2D eigenvalue weighted by atomic mass is 10.2. The summed E-state index contributed by atoms with van der Waals surface area (Å²) in [4.78, 5) is 8.27. The Bertz CT molecular complexity index is 285. The average molecular weight is 177 g/mol. The highest BCUT2D eigenvalue weighted by atomic mass is 14.9. The quantitative estimate of drug-likeness (QED) is 0.721. The number of nitrogen functional groups attached to an aromatic ring is 1. The molecular weight excluding hydrogens is 162 g/mol. The first kappa shape index (κ1) is 9.71. The van der Waals surface area contributed by atoms with Gasteiger partial charge in [-0.25, -0.2) is 4.98 Å². The average Bonchev–Trinajstić information content (AvgIpc) is 2.10. The molecule has 0 saturated carbocycles. The molecule has 0 unspecified atom stereocenters. The van der Waals surface area contributed by atoms with E-state index in [0.29, 0.717) is 5.82 Å². The van der Waals surface area contributed by atoms with Crippen molar-refractivity contribution >= 4 is 17.7 Å². The summed E-state index contributed by atoms with van der Waals surface area (Å²) in [6.07, 6.45) is 5.67. The summed E-state index contributed by atoms with van der Waals surface area (Å²) >= 11 is 0. The highest BCUT2D eigenvalue weighted by Gasteiger charge is 1.99. The van der Waals surface area contributed by atoms with Crippen molar-refractivity contribution in [3.05, 3.63) is 17.8 Å². The summed E-state index contributed by atoms with van der Waals surface area (Å²) in [5, 5.41) is 0. The molecule has 0 spiro atoms. The molecule has 0 bridgehead atoms. The normalized spacial score (nSPS) is 10.9. The molecule has 0 aromatic carbocycles. The monoisotopic (exact) mass is 177 g/mol. The first-order valence-corrected chi connectivity index (χ1v) is 4.49. The maximum absolute atomic E-state index is 5.68. The van der Waals surface area contributed by atoms with Gasteiger partial charge in [-0.3, -0.25) is 4.99 Å². The summed E-state index contributed by atoms with van der Waals surface area (Å²) in [5.41, 5.74) is 7.55. The number of aliphatic imine (C=N–C) groups is 1. The molecule has 3 nitrogen and oxygen atoms in total. The maximum atomic E-state index is 5.68. The van der Waals surface area contributed by atoms with E-state index in [0.717, 1.165) is 24.1 Å². The van der Waals surface area contributed by atoms with Gasteiger partial charge in [-0.05, 0) is 25.0 Å². The van der Waals surface area contributed by atoms with Crippen LogP contribution in [0.25, 0.3) is 0 Å². The van der Waals surface area contributed by atoms with Gasteiger partial charge in [0.1, 0.15) is 11.5 Å². The van der Waals surface area contributed by atoms with Crippen molar-refractivity contribution in [2.24, 2.45) is 4.99 Å². The number of aryl methyl sites for hydroxylation is 1. The fourth-order valence-corrected chi connectivity index (χ4v) is 1.02. The van der Waals surface area contributed by atoms with Gasteiger partial charge in [0, 0.05) is 12.4 Å². The Balaban J connectivity index is 2.87. The van der Waals surface area contributed by atoms with Crippen LogP contribution in [0.15, 0.2) is 17.3 Å². The van der Waals surface area contributed by atoms with Crippen LogP contribution in [0.5, 0.6) is 0 Å². The standard InChI is InChI=1S/C10H15N3/c1-3-4-6-12-9-8(2)5-7-13-10(9)11/h5-7H,3-4H2,1-2H3,(H2,11,13)/b12-6-. The fourth-order valence-electron chi connectivity index (χ4n) is 1.02. The Labute approximate surface area is 78.7 Å². The molecular formula is C10H15N3. The third-order valence-corrected chi connectivity index (χ3v) is 1.79. The molecule has 0 aliphatic heterocycles. The van der Waals surface area contributed by atoms with Gasteiger partial charge in [0.2, 0.25) is 0 Å². The van der Waals surface area contributed by atoms with Crippen LogP contribution in [-0.4, -0.2) is 11.2 Å². The van der Waals surface area contributed by atoms with Gasteiger partial charge in [0.25, 0.3) is 0 Å². The molecule has 1 rings (SSSR count).